The fourth-order valence-electron chi connectivity index (χ4n) is 4.03. The van der Waals surface area contributed by atoms with Crippen molar-refractivity contribution in [1.29, 1.82) is 0 Å². The van der Waals surface area contributed by atoms with Crippen LogP contribution in [0, 0.1) is 5.92 Å². The summed E-state index contributed by atoms with van der Waals surface area (Å²) in [5.74, 6) is 0.214. The number of ether oxygens (including phenoxy) is 2. The highest BCUT2D eigenvalue weighted by Gasteiger charge is 2.16. The van der Waals surface area contributed by atoms with E-state index in [1.54, 1.807) is 0 Å². The summed E-state index contributed by atoms with van der Waals surface area (Å²) in [6.07, 6.45) is 11.3. The second-order valence-electron chi connectivity index (χ2n) is 8.85. The molecular weight excluding hydrogens is 418 g/mol. The van der Waals surface area contributed by atoms with Gasteiger partial charge in [0.25, 0.3) is 0 Å². The van der Waals surface area contributed by atoms with E-state index < -0.39 is 0 Å². The Morgan fingerprint density at radius 1 is 0.879 bits per heavy atom. The highest BCUT2D eigenvalue weighted by atomic mass is 16.5. The molecule has 0 aliphatic carbocycles. The fraction of sp³-hybridized carbons (Fsp3) is 0.667. The standard InChI is InChI=1S/C27H43NO5/c1-6-8-9-10-11-12-13-25-26(28-20(3)29)18-24(19-27(25)33-22(5)31)15-14-23(7-2)16-17-32-21(4)30/h18-19,23H,6-17H2,1-5H3,(H,28,29). The molecule has 1 rings (SSSR count). The predicted molar refractivity (Wildman–Crippen MR) is 132 cm³/mol. The van der Waals surface area contributed by atoms with Gasteiger partial charge in [-0.3, -0.25) is 14.4 Å². The maximum absolute atomic E-state index is 11.9. The number of hydrogen-bond acceptors (Lipinski definition) is 5. The first-order chi connectivity index (χ1) is 15.8. The normalized spacial score (nSPS) is 11.7. The molecule has 0 aliphatic heterocycles. The molecule has 0 aliphatic rings. The van der Waals surface area contributed by atoms with E-state index in [0.29, 0.717) is 18.3 Å². The van der Waals surface area contributed by atoms with Crippen molar-refractivity contribution in [3.8, 4) is 5.75 Å². The molecule has 0 saturated heterocycles. The molecule has 0 saturated carbocycles. The van der Waals surface area contributed by atoms with E-state index >= 15 is 0 Å². The number of carbonyl (C=O) groups excluding carboxylic acids is 3. The van der Waals surface area contributed by atoms with Crippen molar-refractivity contribution in [3.63, 3.8) is 0 Å². The molecule has 6 nitrogen and oxygen atoms in total. The lowest BCUT2D eigenvalue weighted by molar-refractivity contribution is -0.141. The number of unbranched alkanes of at least 4 members (excludes halogenated alkanes) is 5. The van der Waals surface area contributed by atoms with E-state index in [9.17, 15) is 14.4 Å². The third-order valence-electron chi connectivity index (χ3n) is 5.86. The number of rotatable bonds is 16. The van der Waals surface area contributed by atoms with Crippen molar-refractivity contribution in [2.45, 2.75) is 105 Å². The highest BCUT2D eigenvalue weighted by Crippen LogP contribution is 2.32. The van der Waals surface area contributed by atoms with Crippen LogP contribution in [0.25, 0.3) is 0 Å². The number of nitrogens with one attached hydrogen (secondary N) is 1. The van der Waals surface area contributed by atoms with Gasteiger partial charge in [0.1, 0.15) is 5.75 Å². The van der Waals surface area contributed by atoms with Gasteiger partial charge >= 0.3 is 11.9 Å². The molecule has 186 valence electrons. The summed E-state index contributed by atoms with van der Waals surface area (Å²) in [6.45, 7) is 9.09. The molecule has 1 amide bonds. The second kappa shape index (κ2) is 16.3. The number of carbonyl (C=O) groups is 3. The first kappa shape index (κ1) is 28.7. The maximum Gasteiger partial charge on any atom is 0.308 e. The fourth-order valence-corrected chi connectivity index (χ4v) is 4.03. The summed E-state index contributed by atoms with van der Waals surface area (Å²) in [4.78, 5) is 34.7. The minimum atomic E-state index is -0.363. The van der Waals surface area contributed by atoms with Crippen LogP contribution < -0.4 is 10.1 Å². The number of anilines is 1. The SMILES string of the molecule is CCCCCCCCc1c(NC(C)=O)cc(CCC(CC)CCOC(C)=O)cc1OC(C)=O. The van der Waals surface area contributed by atoms with E-state index in [1.165, 1.54) is 46.5 Å². The van der Waals surface area contributed by atoms with Gasteiger partial charge in [-0.2, -0.15) is 0 Å². The zero-order chi connectivity index (χ0) is 24.6. The van der Waals surface area contributed by atoms with Crippen LogP contribution in [0.5, 0.6) is 5.75 Å². The van der Waals surface area contributed by atoms with Crippen LogP contribution in [0.1, 0.15) is 104 Å². The monoisotopic (exact) mass is 461 g/mol. The van der Waals surface area contributed by atoms with E-state index in [4.69, 9.17) is 9.47 Å². The lowest BCUT2D eigenvalue weighted by Gasteiger charge is -2.19. The molecule has 1 unspecified atom stereocenters. The van der Waals surface area contributed by atoms with Crippen molar-refractivity contribution in [1.82, 2.24) is 0 Å². The number of benzene rings is 1. The minimum Gasteiger partial charge on any atom is -0.466 e. The summed E-state index contributed by atoms with van der Waals surface area (Å²) in [5, 5.41) is 2.95. The summed E-state index contributed by atoms with van der Waals surface area (Å²) < 4.78 is 10.7. The zero-order valence-corrected chi connectivity index (χ0v) is 21.3. The van der Waals surface area contributed by atoms with Gasteiger partial charge in [-0.1, -0.05) is 52.4 Å². The maximum atomic E-state index is 11.9. The van der Waals surface area contributed by atoms with Gasteiger partial charge in [-0.05, 0) is 55.7 Å². The van der Waals surface area contributed by atoms with Gasteiger partial charge in [0.05, 0.1) is 6.61 Å². The molecule has 0 aromatic heterocycles. The number of hydrogen-bond donors (Lipinski definition) is 1. The first-order valence-electron chi connectivity index (χ1n) is 12.5. The molecular formula is C27H43NO5. The topological polar surface area (TPSA) is 81.7 Å². The Bertz CT molecular complexity index is 722. The number of amides is 1. The van der Waals surface area contributed by atoms with Gasteiger partial charge in [0, 0.05) is 32.0 Å². The lowest BCUT2D eigenvalue weighted by atomic mass is 9.93. The molecule has 0 heterocycles. The third-order valence-corrected chi connectivity index (χ3v) is 5.86. The van der Waals surface area contributed by atoms with Gasteiger partial charge in [0.2, 0.25) is 5.91 Å². The first-order valence-corrected chi connectivity index (χ1v) is 12.5. The molecule has 1 N–H and O–H groups in total. The van der Waals surface area contributed by atoms with E-state index in [-0.39, 0.29) is 17.8 Å². The molecule has 0 fully saturated rings. The van der Waals surface area contributed by atoms with E-state index in [0.717, 1.165) is 61.8 Å². The second-order valence-corrected chi connectivity index (χ2v) is 8.85. The summed E-state index contributed by atoms with van der Waals surface area (Å²) in [6, 6.07) is 3.96. The Hall–Kier alpha value is -2.37. The van der Waals surface area contributed by atoms with Crippen LogP contribution in [-0.4, -0.2) is 24.5 Å². The molecule has 0 bridgehead atoms. The Kier molecular flexibility index (Phi) is 14.1. The number of aryl methyl sites for hydroxylation is 1. The molecule has 1 atom stereocenters. The van der Waals surface area contributed by atoms with Crippen molar-refractivity contribution in [2.24, 2.45) is 5.92 Å². The molecule has 0 spiro atoms. The molecule has 1 aromatic rings. The van der Waals surface area contributed by atoms with E-state index in [1.807, 2.05) is 12.1 Å². The minimum absolute atomic E-state index is 0.141. The average Bonchev–Trinajstić information content (AvgIpc) is 2.73. The molecule has 0 radical (unpaired) electrons. The van der Waals surface area contributed by atoms with Crippen molar-refractivity contribution in [3.05, 3.63) is 23.3 Å². The largest absolute Gasteiger partial charge is 0.466 e. The van der Waals surface area contributed by atoms with E-state index in [2.05, 4.69) is 19.2 Å². The zero-order valence-electron chi connectivity index (χ0n) is 21.3. The van der Waals surface area contributed by atoms with Crippen LogP contribution in [0.4, 0.5) is 5.69 Å². The average molecular weight is 462 g/mol. The third kappa shape index (κ3) is 12.4. The van der Waals surface area contributed by atoms with Crippen molar-refractivity contribution >= 4 is 23.5 Å². The van der Waals surface area contributed by atoms with Gasteiger partial charge in [-0.15, -0.1) is 0 Å². The smallest absolute Gasteiger partial charge is 0.308 e. The summed E-state index contributed by atoms with van der Waals surface area (Å²) >= 11 is 0. The Labute approximate surface area is 199 Å². The molecule has 1 aromatic carbocycles. The van der Waals surface area contributed by atoms with Crippen molar-refractivity contribution in [2.75, 3.05) is 11.9 Å². The summed E-state index contributed by atoms with van der Waals surface area (Å²) in [5.41, 5.74) is 2.65. The quantitative estimate of drug-likeness (QED) is 0.175. The Morgan fingerprint density at radius 2 is 1.58 bits per heavy atom. The van der Waals surface area contributed by atoms with Gasteiger partial charge < -0.3 is 14.8 Å². The van der Waals surface area contributed by atoms with Crippen LogP contribution in [0.15, 0.2) is 12.1 Å². The predicted octanol–water partition coefficient (Wildman–Crippen LogP) is 6.39. The van der Waals surface area contributed by atoms with Crippen LogP contribution in [-0.2, 0) is 32.0 Å². The Balaban J connectivity index is 2.98. The van der Waals surface area contributed by atoms with Crippen LogP contribution >= 0.6 is 0 Å². The number of esters is 2. The molecule has 33 heavy (non-hydrogen) atoms. The highest BCUT2D eigenvalue weighted by molar-refractivity contribution is 5.90. The summed E-state index contributed by atoms with van der Waals surface area (Å²) in [7, 11) is 0. The van der Waals surface area contributed by atoms with Crippen molar-refractivity contribution < 1.29 is 23.9 Å². The van der Waals surface area contributed by atoms with Gasteiger partial charge in [-0.25, -0.2) is 0 Å². The van der Waals surface area contributed by atoms with Gasteiger partial charge in [0.15, 0.2) is 0 Å². The van der Waals surface area contributed by atoms with Crippen LogP contribution in [0.3, 0.4) is 0 Å². The Morgan fingerprint density at radius 3 is 2.18 bits per heavy atom. The van der Waals surface area contributed by atoms with Crippen LogP contribution in [0.2, 0.25) is 0 Å². The molecule has 6 heteroatoms. The lowest BCUT2D eigenvalue weighted by Crippen LogP contribution is -2.12.